The van der Waals surface area contributed by atoms with E-state index >= 15 is 0 Å². The van der Waals surface area contributed by atoms with E-state index in [0.29, 0.717) is 6.04 Å². The molecule has 1 amide bonds. The fourth-order valence-electron chi connectivity index (χ4n) is 2.72. The Hall–Kier alpha value is -1.85. The van der Waals surface area contributed by atoms with Crippen LogP contribution in [-0.4, -0.2) is 44.8 Å². The van der Waals surface area contributed by atoms with Crippen molar-refractivity contribution in [3.05, 3.63) is 18.0 Å². The molecule has 6 heteroatoms. The second-order valence-corrected chi connectivity index (χ2v) is 5.43. The molecule has 0 radical (unpaired) electrons. The minimum Gasteiger partial charge on any atom is -0.478 e. The molecule has 0 spiro atoms. The fraction of sp³-hybridized carbons (Fsp3) is 0.643. The van der Waals surface area contributed by atoms with Crippen LogP contribution in [0.3, 0.4) is 0 Å². The molecule has 1 fully saturated rings. The largest absolute Gasteiger partial charge is 0.478 e. The lowest BCUT2D eigenvalue weighted by Gasteiger charge is -2.32. The van der Waals surface area contributed by atoms with E-state index in [-0.39, 0.29) is 11.5 Å². The summed E-state index contributed by atoms with van der Waals surface area (Å²) in [5.74, 6) is -1.05. The average Bonchev–Trinajstić information content (AvgIpc) is 2.96. The predicted molar refractivity (Wildman–Crippen MR) is 73.5 cm³/mol. The van der Waals surface area contributed by atoms with Crippen molar-refractivity contribution >= 4 is 11.9 Å². The number of carboxylic acids is 1. The summed E-state index contributed by atoms with van der Waals surface area (Å²) in [5.41, 5.74) is 0.102. The molecule has 0 aliphatic heterocycles. The standard InChI is InChI=1S/C14H21N3O3/c1-10(17-9-11(8-15-17)14(19)20)13(18)16(2)12-6-4-3-5-7-12/h8-10,12H,3-7H2,1-2H3,(H,19,20). The fourth-order valence-corrected chi connectivity index (χ4v) is 2.72. The van der Waals surface area contributed by atoms with E-state index in [0.717, 1.165) is 12.8 Å². The SMILES string of the molecule is CC(C(=O)N(C)C1CCCCC1)n1cc(C(=O)O)cn1. The van der Waals surface area contributed by atoms with Crippen LogP contribution in [0.4, 0.5) is 0 Å². The lowest BCUT2D eigenvalue weighted by Crippen LogP contribution is -2.41. The van der Waals surface area contributed by atoms with Crippen LogP contribution in [0.2, 0.25) is 0 Å². The summed E-state index contributed by atoms with van der Waals surface area (Å²) in [6, 6.07) is -0.178. The summed E-state index contributed by atoms with van der Waals surface area (Å²) in [4.78, 5) is 25.1. The van der Waals surface area contributed by atoms with Gasteiger partial charge in [0.2, 0.25) is 5.91 Å². The van der Waals surface area contributed by atoms with Gasteiger partial charge in [0.25, 0.3) is 0 Å². The van der Waals surface area contributed by atoms with E-state index in [9.17, 15) is 9.59 Å². The van der Waals surface area contributed by atoms with Crippen LogP contribution in [0.5, 0.6) is 0 Å². The second kappa shape index (κ2) is 6.07. The smallest absolute Gasteiger partial charge is 0.338 e. The van der Waals surface area contributed by atoms with Gasteiger partial charge in [-0.25, -0.2) is 4.79 Å². The van der Waals surface area contributed by atoms with Crippen LogP contribution in [0.25, 0.3) is 0 Å². The van der Waals surface area contributed by atoms with Crippen LogP contribution in [0.15, 0.2) is 12.4 Å². The molecule has 0 saturated heterocycles. The van der Waals surface area contributed by atoms with Crippen molar-refractivity contribution in [3.8, 4) is 0 Å². The first-order valence-electron chi connectivity index (χ1n) is 7.05. The van der Waals surface area contributed by atoms with Gasteiger partial charge in [0.1, 0.15) is 6.04 Å². The zero-order chi connectivity index (χ0) is 14.7. The van der Waals surface area contributed by atoms with Gasteiger partial charge >= 0.3 is 5.97 Å². The monoisotopic (exact) mass is 279 g/mol. The van der Waals surface area contributed by atoms with Gasteiger partial charge in [-0.15, -0.1) is 0 Å². The first-order valence-corrected chi connectivity index (χ1v) is 7.05. The number of likely N-dealkylation sites (N-methyl/N-ethyl adjacent to an activating group) is 1. The molecule has 1 aliphatic carbocycles. The maximum absolute atomic E-state index is 12.4. The van der Waals surface area contributed by atoms with Crippen molar-refractivity contribution in [2.24, 2.45) is 0 Å². The Morgan fingerprint density at radius 3 is 2.60 bits per heavy atom. The van der Waals surface area contributed by atoms with Gasteiger partial charge in [-0.1, -0.05) is 19.3 Å². The molecule has 0 bridgehead atoms. The van der Waals surface area contributed by atoms with Crippen molar-refractivity contribution < 1.29 is 14.7 Å². The summed E-state index contributed by atoms with van der Waals surface area (Å²) in [6.45, 7) is 1.75. The lowest BCUT2D eigenvalue weighted by atomic mass is 9.94. The van der Waals surface area contributed by atoms with Crippen molar-refractivity contribution in [3.63, 3.8) is 0 Å². The highest BCUT2D eigenvalue weighted by Gasteiger charge is 2.27. The molecular formula is C14H21N3O3. The van der Waals surface area contributed by atoms with E-state index < -0.39 is 12.0 Å². The highest BCUT2D eigenvalue weighted by Crippen LogP contribution is 2.23. The number of rotatable bonds is 4. The Bertz CT molecular complexity index is 492. The van der Waals surface area contributed by atoms with E-state index in [2.05, 4.69) is 5.10 Å². The van der Waals surface area contributed by atoms with Gasteiger partial charge in [-0.05, 0) is 19.8 Å². The molecule has 1 atom stereocenters. The third kappa shape index (κ3) is 3.00. The molecule has 20 heavy (non-hydrogen) atoms. The van der Waals surface area contributed by atoms with Crippen LogP contribution in [0, 0.1) is 0 Å². The van der Waals surface area contributed by atoms with Gasteiger partial charge in [-0.2, -0.15) is 5.10 Å². The topological polar surface area (TPSA) is 75.4 Å². The quantitative estimate of drug-likeness (QED) is 0.913. The van der Waals surface area contributed by atoms with Gasteiger partial charge < -0.3 is 10.0 Å². The van der Waals surface area contributed by atoms with Gasteiger partial charge in [0.05, 0.1) is 11.8 Å². The first kappa shape index (κ1) is 14.6. The molecule has 0 aromatic carbocycles. The number of hydrogen-bond donors (Lipinski definition) is 1. The molecule has 1 heterocycles. The van der Waals surface area contributed by atoms with Gasteiger partial charge in [0, 0.05) is 19.3 Å². The molecule has 1 aromatic rings. The Morgan fingerprint density at radius 2 is 2.05 bits per heavy atom. The molecule has 1 saturated carbocycles. The minimum absolute atomic E-state index is 0.0167. The highest BCUT2D eigenvalue weighted by molar-refractivity contribution is 5.87. The molecule has 1 aliphatic rings. The van der Waals surface area contributed by atoms with Crippen molar-refractivity contribution in [2.75, 3.05) is 7.05 Å². The number of carboxylic acid groups (broad SMARTS) is 1. The van der Waals surface area contributed by atoms with E-state index in [1.54, 1.807) is 11.8 Å². The second-order valence-electron chi connectivity index (χ2n) is 5.43. The number of nitrogens with zero attached hydrogens (tertiary/aromatic N) is 3. The summed E-state index contributed by atoms with van der Waals surface area (Å²) < 4.78 is 1.42. The average molecular weight is 279 g/mol. The predicted octanol–water partition coefficient (Wildman–Crippen LogP) is 1.93. The third-order valence-corrected chi connectivity index (χ3v) is 4.07. The lowest BCUT2D eigenvalue weighted by molar-refractivity contribution is -0.135. The highest BCUT2D eigenvalue weighted by atomic mass is 16.4. The molecule has 2 rings (SSSR count). The van der Waals surface area contributed by atoms with E-state index in [4.69, 9.17) is 5.11 Å². The number of carbonyl (C=O) groups excluding carboxylic acids is 1. The Labute approximate surface area is 118 Å². The third-order valence-electron chi connectivity index (χ3n) is 4.07. The van der Waals surface area contributed by atoms with Crippen LogP contribution >= 0.6 is 0 Å². The van der Waals surface area contributed by atoms with Crippen molar-refractivity contribution in [1.29, 1.82) is 0 Å². The van der Waals surface area contributed by atoms with Gasteiger partial charge in [0.15, 0.2) is 0 Å². The van der Waals surface area contributed by atoms with E-state index in [1.165, 1.54) is 36.3 Å². The number of aromatic nitrogens is 2. The zero-order valence-electron chi connectivity index (χ0n) is 12.0. The normalized spacial score (nSPS) is 17.7. The molecule has 1 unspecified atom stereocenters. The van der Waals surface area contributed by atoms with Gasteiger partial charge in [-0.3, -0.25) is 9.48 Å². The van der Waals surface area contributed by atoms with Crippen LogP contribution in [0.1, 0.15) is 55.4 Å². The molecule has 1 N–H and O–H groups in total. The maximum Gasteiger partial charge on any atom is 0.338 e. The number of hydrogen-bond acceptors (Lipinski definition) is 3. The molecule has 1 aromatic heterocycles. The first-order chi connectivity index (χ1) is 9.50. The molecule has 6 nitrogen and oxygen atoms in total. The molecular weight excluding hydrogens is 258 g/mol. The summed E-state index contributed by atoms with van der Waals surface area (Å²) in [7, 11) is 1.83. The Morgan fingerprint density at radius 1 is 1.40 bits per heavy atom. The van der Waals surface area contributed by atoms with E-state index in [1.807, 2.05) is 7.05 Å². The summed E-state index contributed by atoms with van der Waals surface area (Å²) >= 11 is 0. The number of carbonyl (C=O) groups is 2. The minimum atomic E-state index is -1.03. The van der Waals surface area contributed by atoms with Crippen LogP contribution < -0.4 is 0 Å². The summed E-state index contributed by atoms with van der Waals surface area (Å²) in [5, 5.41) is 12.9. The zero-order valence-corrected chi connectivity index (χ0v) is 12.0. The Balaban J connectivity index is 2.04. The molecule has 110 valence electrons. The Kier molecular flexibility index (Phi) is 4.42. The van der Waals surface area contributed by atoms with Crippen LogP contribution in [-0.2, 0) is 4.79 Å². The number of aromatic carboxylic acids is 1. The van der Waals surface area contributed by atoms with Crippen molar-refractivity contribution in [2.45, 2.75) is 51.1 Å². The summed E-state index contributed by atoms with van der Waals surface area (Å²) in [6.07, 6.45) is 8.35. The number of amides is 1. The maximum atomic E-state index is 12.4. The van der Waals surface area contributed by atoms with Crippen molar-refractivity contribution in [1.82, 2.24) is 14.7 Å².